The molecule has 0 aliphatic carbocycles. The Morgan fingerprint density at radius 3 is 3.07 bits per heavy atom. The van der Waals surface area contributed by atoms with E-state index in [0.29, 0.717) is 13.2 Å². The van der Waals surface area contributed by atoms with Crippen molar-refractivity contribution in [1.82, 2.24) is 0 Å². The fraction of sp³-hybridized carbons (Fsp3) is 0.545. The van der Waals surface area contributed by atoms with Crippen LogP contribution in [0, 0.1) is 0 Å². The lowest BCUT2D eigenvalue weighted by atomic mass is 10.3. The molecule has 0 radical (unpaired) electrons. The molecule has 0 saturated carbocycles. The number of carbonyl (C=O) groups excluding carboxylic acids is 1. The molecule has 2 heterocycles. The minimum atomic E-state index is -0.398. The molecule has 0 aromatic carbocycles. The Bertz CT molecular complexity index is 336. The van der Waals surface area contributed by atoms with Crippen molar-refractivity contribution in [3.63, 3.8) is 0 Å². The minimum Gasteiger partial charge on any atom is -0.454 e. The van der Waals surface area contributed by atoms with Crippen LogP contribution in [0.1, 0.15) is 29.7 Å². The number of furan rings is 1. The third-order valence-electron chi connectivity index (χ3n) is 2.37. The van der Waals surface area contributed by atoms with Gasteiger partial charge >= 0.3 is 5.97 Å². The van der Waals surface area contributed by atoms with Crippen molar-refractivity contribution in [1.29, 1.82) is 0 Å². The standard InChI is InChI=1S/C11H14O4/c1-2-8-3-4-10(14-8)11(12)15-9-5-6-13-7-9/h3-4,9H,2,5-7H2,1H3/t9-/m0/s1. The van der Waals surface area contributed by atoms with Crippen molar-refractivity contribution in [2.45, 2.75) is 25.9 Å². The summed E-state index contributed by atoms with van der Waals surface area (Å²) in [5.41, 5.74) is 0. The molecule has 4 heteroatoms. The predicted molar refractivity (Wildman–Crippen MR) is 52.7 cm³/mol. The molecule has 1 aliphatic rings. The molecule has 0 amide bonds. The third-order valence-corrected chi connectivity index (χ3v) is 2.37. The first-order chi connectivity index (χ1) is 7.29. The van der Waals surface area contributed by atoms with Crippen LogP contribution in [0.15, 0.2) is 16.5 Å². The smallest absolute Gasteiger partial charge is 0.374 e. The van der Waals surface area contributed by atoms with Crippen molar-refractivity contribution in [3.05, 3.63) is 23.7 Å². The maximum Gasteiger partial charge on any atom is 0.374 e. The van der Waals surface area contributed by atoms with Gasteiger partial charge in [0.05, 0.1) is 13.2 Å². The molecule has 0 bridgehead atoms. The van der Waals surface area contributed by atoms with Gasteiger partial charge in [-0.1, -0.05) is 6.92 Å². The Morgan fingerprint density at radius 2 is 2.47 bits per heavy atom. The molecule has 1 saturated heterocycles. The molecule has 0 N–H and O–H groups in total. The van der Waals surface area contributed by atoms with E-state index < -0.39 is 5.97 Å². The van der Waals surface area contributed by atoms with Crippen LogP contribution >= 0.6 is 0 Å². The second kappa shape index (κ2) is 4.49. The Hall–Kier alpha value is -1.29. The molecule has 1 fully saturated rings. The van der Waals surface area contributed by atoms with Crippen LogP contribution in [0.5, 0.6) is 0 Å². The van der Waals surface area contributed by atoms with E-state index in [-0.39, 0.29) is 11.9 Å². The van der Waals surface area contributed by atoms with Crippen molar-refractivity contribution in [2.75, 3.05) is 13.2 Å². The number of hydrogen-bond donors (Lipinski definition) is 0. The summed E-state index contributed by atoms with van der Waals surface area (Å²) in [6, 6.07) is 3.44. The maximum atomic E-state index is 11.6. The summed E-state index contributed by atoms with van der Waals surface area (Å²) in [4.78, 5) is 11.6. The summed E-state index contributed by atoms with van der Waals surface area (Å²) >= 11 is 0. The molecule has 2 rings (SSSR count). The number of hydrogen-bond acceptors (Lipinski definition) is 4. The van der Waals surface area contributed by atoms with Crippen LogP contribution in [0.2, 0.25) is 0 Å². The predicted octanol–water partition coefficient (Wildman–Crippen LogP) is 1.79. The van der Waals surface area contributed by atoms with E-state index in [4.69, 9.17) is 13.9 Å². The van der Waals surface area contributed by atoms with E-state index in [1.54, 1.807) is 12.1 Å². The SMILES string of the molecule is CCc1ccc(C(=O)O[C@H]2CCOC2)o1. The van der Waals surface area contributed by atoms with E-state index in [1.807, 2.05) is 6.92 Å². The average molecular weight is 210 g/mol. The highest BCUT2D eigenvalue weighted by Crippen LogP contribution is 2.14. The van der Waals surface area contributed by atoms with E-state index in [2.05, 4.69) is 0 Å². The first-order valence-corrected chi connectivity index (χ1v) is 5.17. The molecule has 1 atom stereocenters. The molecule has 1 aliphatic heterocycles. The van der Waals surface area contributed by atoms with Gasteiger partial charge in [0.2, 0.25) is 5.76 Å². The van der Waals surface area contributed by atoms with Gasteiger partial charge in [0.15, 0.2) is 0 Å². The second-order valence-corrected chi connectivity index (χ2v) is 3.51. The Morgan fingerprint density at radius 1 is 1.60 bits per heavy atom. The molecule has 82 valence electrons. The van der Waals surface area contributed by atoms with Gasteiger partial charge in [-0.2, -0.15) is 0 Å². The van der Waals surface area contributed by atoms with Crippen LogP contribution in [0.25, 0.3) is 0 Å². The van der Waals surface area contributed by atoms with Gasteiger partial charge in [-0.25, -0.2) is 4.79 Å². The van der Waals surface area contributed by atoms with Crippen LogP contribution < -0.4 is 0 Å². The number of rotatable bonds is 3. The van der Waals surface area contributed by atoms with Gasteiger partial charge in [0.1, 0.15) is 11.9 Å². The minimum absolute atomic E-state index is 0.118. The topological polar surface area (TPSA) is 48.7 Å². The van der Waals surface area contributed by atoms with Crippen LogP contribution in [-0.2, 0) is 15.9 Å². The largest absolute Gasteiger partial charge is 0.454 e. The molecule has 0 unspecified atom stereocenters. The lowest BCUT2D eigenvalue weighted by Crippen LogP contribution is -2.17. The van der Waals surface area contributed by atoms with Crippen molar-refractivity contribution < 1.29 is 18.7 Å². The number of carbonyl (C=O) groups is 1. The number of esters is 1. The highest BCUT2D eigenvalue weighted by atomic mass is 16.6. The van der Waals surface area contributed by atoms with Gasteiger partial charge in [-0.05, 0) is 12.1 Å². The zero-order valence-corrected chi connectivity index (χ0v) is 8.69. The molecular formula is C11H14O4. The van der Waals surface area contributed by atoms with E-state index in [9.17, 15) is 4.79 Å². The summed E-state index contributed by atoms with van der Waals surface area (Å²) in [6.45, 7) is 3.13. The molecule has 4 nitrogen and oxygen atoms in total. The maximum absolute atomic E-state index is 11.6. The zero-order valence-electron chi connectivity index (χ0n) is 8.69. The van der Waals surface area contributed by atoms with Gasteiger partial charge in [0.25, 0.3) is 0 Å². The Balaban J connectivity index is 1.94. The lowest BCUT2D eigenvalue weighted by molar-refractivity contribution is 0.0235. The van der Waals surface area contributed by atoms with Gasteiger partial charge < -0.3 is 13.9 Å². The summed E-state index contributed by atoms with van der Waals surface area (Å²) in [5, 5.41) is 0. The highest BCUT2D eigenvalue weighted by molar-refractivity contribution is 5.86. The van der Waals surface area contributed by atoms with Crippen LogP contribution in [-0.4, -0.2) is 25.3 Å². The van der Waals surface area contributed by atoms with Gasteiger partial charge in [-0.15, -0.1) is 0 Å². The fourth-order valence-corrected chi connectivity index (χ4v) is 1.49. The summed E-state index contributed by atoms with van der Waals surface area (Å²) < 4.78 is 15.6. The van der Waals surface area contributed by atoms with E-state index in [1.165, 1.54) is 0 Å². The monoisotopic (exact) mass is 210 g/mol. The second-order valence-electron chi connectivity index (χ2n) is 3.51. The average Bonchev–Trinajstić information content (AvgIpc) is 2.86. The Kier molecular flexibility index (Phi) is 3.06. The molecule has 1 aromatic rings. The Labute approximate surface area is 88.2 Å². The summed E-state index contributed by atoms with van der Waals surface area (Å²) in [7, 11) is 0. The molecular weight excluding hydrogens is 196 g/mol. The number of ether oxygens (including phenoxy) is 2. The lowest BCUT2D eigenvalue weighted by Gasteiger charge is -2.07. The first kappa shape index (κ1) is 10.2. The zero-order chi connectivity index (χ0) is 10.7. The van der Waals surface area contributed by atoms with Gasteiger partial charge in [0, 0.05) is 12.8 Å². The molecule has 15 heavy (non-hydrogen) atoms. The molecule has 0 spiro atoms. The van der Waals surface area contributed by atoms with Crippen molar-refractivity contribution >= 4 is 5.97 Å². The van der Waals surface area contributed by atoms with E-state index >= 15 is 0 Å². The first-order valence-electron chi connectivity index (χ1n) is 5.17. The van der Waals surface area contributed by atoms with Crippen molar-refractivity contribution in [3.8, 4) is 0 Å². The summed E-state index contributed by atoms with van der Waals surface area (Å²) in [6.07, 6.45) is 1.43. The van der Waals surface area contributed by atoms with Crippen molar-refractivity contribution in [2.24, 2.45) is 0 Å². The van der Waals surface area contributed by atoms with Gasteiger partial charge in [-0.3, -0.25) is 0 Å². The summed E-state index contributed by atoms with van der Waals surface area (Å²) in [5.74, 6) is 0.675. The van der Waals surface area contributed by atoms with Crippen LogP contribution in [0.4, 0.5) is 0 Å². The fourth-order valence-electron chi connectivity index (χ4n) is 1.49. The normalized spacial score (nSPS) is 20.5. The quantitative estimate of drug-likeness (QED) is 0.713. The highest BCUT2D eigenvalue weighted by Gasteiger charge is 2.22. The van der Waals surface area contributed by atoms with E-state index in [0.717, 1.165) is 18.6 Å². The van der Waals surface area contributed by atoms with Crippen LogP contribution in [0.3, 0.4) is 0 Å². The third kappa shape index (κ3) is 2.39. The number of aryl methyl sites for hydroxylation is 1. The molecule has 1 aromatic heterocycles.